The Kier molecular flexibility index (Phi) is 37300. The first-order valence-electron chi connectivity index (χ1n) is 0. The van der Waals surface area contributed by atoms with Gasteiger partial charge in [0.25, 0.3) is 0 Å². The summed E-state index contributed by atoms with van der Waals surface area (Å²) >= 11 is 0. The molecule has 0 aliphatic heterocycles. The molecular weight excluding hydrogens is 298 g/mol. The van der Waals surface area contributed by atoms with E-state index in [1.165, 1.54) is 0 Å². The minimum atomic E-state index is 0. The zero-order valence-electron chi connectivity index (χ0n) is 4.25. The minimum Gasteiger partial charge on any atom is -1.00 e. The summed E-state index contributed by atoms with van der Waals surface area (Å²) in [6, 6.07) is 0. The molecule has 0 saturated carbocycles. The Bertz CT molecular complexity index is 8.04. The van der Waals surface area contributed by atoms with Crippen molar-refractivity contribution in [2.45, 2.75) is 0 Å². The van der Waals surface area contributed by atoms with E-state index in [-0.39, 0.29) is 63.3 Å². The van der Waals surface area contributed by atoms with Gasteiger partial charge in [-0.05, 0) is 0 Å². The molecule has 0 amide bonds. The second-order valence-electron chi connectivity index (χ2n) is 0. The molecule has 57 valence electrons. The SMILES string of the molecule is N.N.N.N.N.[Cl-].[Ir]. The van der Waals surface area contributed by atoms with Crippen molar-refractivity contribution in [3.05, 3.63) is 0 Å². The molecule has 7 heavy (non-hydrogen) atoms. The molecule has 0 aromatic heterocycles. The molecule has 0 aromatic carbocycles. The summed E-state index contributed by atoms with van der Waals surface area (Å²) in [6.07, 6.45) is 0. The van der Waals surface area contributed by atoms with E-state index in [2.05, 4.69) is 0 Å². The summed E-state index contributed by atoms with van der Waals surface area (Å²) in [5.41, 5.74) is 0. The van der Waals surface area contributed by atoms with E-state index in [1.54, 1.807) is 0 Å². The maximum atomic E-state index is 0. The van der Waals surface area contributed by atoms with Crippen molar-refractivity contribution in [3.8, 4) is 0 Å². The third-order valence-corrected chi connectivity index (χ3v) is 0. The maximum Gasteiger partial charge on any atom is 0 e. The van der Waals surface area contributed by atoms with Gasteiger partial charge < -0.3 is 43.2 Å². The van der Waals surface area contributed by atoms with Gasteiger partial charge in [-0.1, -0.05) is 0 Å². The van der Waals surface area contributed by atoms with Crippen molar-refractivity contribution >= 4 is 0 Å². The molecule has 0 saturated heterocycles. The van der Waals surface area contributed by atoms with E-state index >= 15 is 0 Å². The Morgan fingerprint density at radius 3 is 0.429 bits per heavy atom. The van der Waals surface area contributed by atoms with Gasteiger partial charge in [-0.15, -0.1) is 0 Å². The zero-order valence-corrected chi connectivity index (χ0v) is 7.40. The van der Waals surface area contributed by atoms with Crippen LogP contribution in [-0.4, -0.2) is 0 Å². The van der Waals surface area contributed by atoms with Crippen molar-refractivity contribution in [3.63, 3.8) is 0 Å². The Morgan fingerprint density at radius 1 is 0.429 bits per heavy atom. The molecule has 15 N–H and O–H groups in total. The van der Waals surface area contributed by atoms with Crippen molar-refractivity contribution < 1.29 is 32.5 Å². The fourth-order valence-electron chi connectivity index (χ4n) is 0. The molecule has 0 aromatic rings. The van der Waals surface area contributed by atoms with Crippen LogP contribution in [0.2, 0.25) is 0 Å². The predicted octanol–water partition coefficient (Wildman–Crippen LogP) is -2.19. The van der Waals surface area contributed by atoms with E-state index in [1.807, 2.05) is 0 Å². The average molecular weight is 313 g/mol. The molecule has 5 nitrogen and oxygen atoms in total. The summed E-state index contributed by atoms with van der Waals surface area (Å²) in [5, 5.41) is 0. The third kappa shape index (κ3) is 277. The molecule has 0 rings (SSSR count). The van der Waals surface area contributed by atoms with Gasteiger partial charge >= 0.3 is 0 Å². The molecule has 0 heterocycles. The van der Waals surface area contributed by atoms with Crippen LogP contribution in [-0.2, 0) is 20.1 Å². The normalized spacial score (nSPS) is 0. The van der Waals surface area contributed by atoms with Crippen LogP contribution >= 0.6 is 0 Å². The molecule has 0 spiro atoms. The molecular formula is H15ClIrN5-. The smallest absolute Gasteiger partial charge is 0 e. The average Bonchev–Trinajstić information content (AvgIpc) is 0. The predicted molar refractivity (Wildman–Crippen MR) is 25.1 cm³/mol. The number of halogens is 1. The topological polar surface area (TPSA) is 175 Å². The van der Waals surface area contributed by atoms with E-state index in [9.17, 15) is 0 Å². The summed E-state index contributed by atoms with van der Waals surface area (Å²) in [5.74, 6) is 0. The van der Waals surface area contributed by atoms with Crippen molar-refractivity contribution in [2.75, 3.05) is 0 Å². The van der Waals surface area contributed by atoms with E-state index in [0.29, 0.717) is 0 Å². The zero-order chi connectivity index (χ0) is 0. The van der Waals surface area contributed by atoms with Crippen molar-refractivity contribution in [1.29, 1.82) is 0 Å². The first kappa shape index (κ1) is 643. The van der Waals surface area contributed by atoms with Crippen LogP contribution in [0.5, 0.6) is 0 Å². The molecule has 0 fully saturated rings. The summed E-state index contributed by atoms with van der Waals surface area (Å²) < 4.78 is 0. The van der Waals surface area contributed by atoms with Gasteiger partial charge in [0.2, 0.25) is 0 Å². The Hall–Kier alpha value is 0.739. The molecule has 7 heteroatoms. The first-order valence-corrected chi connectivity index (χ1v) is 0. The molecule has 0 atom stereocenters. The van der Waals surface area contributed by atoms with Gasteiger partial charge in [-0.25, -0.2) is 0 Å². The van der Waals surface area contributed by atoms with Gasteiger partial charge in [-0.2, -0.15) is 0 Å². The van der Waals surface area contributed by atoms with Crippen LogP contribution in [0.3, 0.4) is 0 Å². The summed E-state index contributed by atoms with van der Waals surface area (Å²) in [7, 11) is 0. The quantitative estimate of drug-likeness (QED) is 0.341. The fraction of sp³-hybridized carbons (Fsp3) is 0. The molecule has 1 radical (unpaired) electrons. The number of hydrogen-bond acceptors (Lipinski definition) is 5. The summed E-state index contributed by atoms with van der Waals surface area (Å²) in [6.45, 7) is 0. The monoisotopic (exact) mass is 313 g/mol. The fourth-order valence-corrected chi connectivity index (χ4v) is 0. The van der Waals surface area contributed by atoms with E-state index in [4.69, 9.17) is 0 Å². The number of hydrogen-bond donors (Lipinski definition) is 5. The van der Waals surface area contributed by atoms with Crippen LogP contribution in [0.1, 0.15) is 0 Å². The van der Waals surface area contributed by atoms with E-state index < -0.39 is 0 Å². The van der Waals surface area contributed by atoms with Gasteiger partial charge in [0.1, 0.15) is 0 Å². The third-order valence-electron chi connectivity index (χ3n) is 0. The minimum absolute atomic E-state index is 0. The number of rotatable bonds is 0. The second-order valence-corrected chi connectivity index (χ2v) is 0. The molecule has 0 bridgehead atoms. The van der Waals surface area contributed by atoms with Crippen molar-refractivity contribution in [1.82, 2.24) is 30.8 Å². The van der Waals surface area contributed by atoms with Gasteiger partial charge in [0, 0.05) is 20.1 Å². The van der Waals surface area contributed by atoms with Gasteiger partial charge in [-0.3, -0.25) is 0 Å². The van der Waals surface area contributed by atoms with Crippen molar-refractivity contribution in [2.24, 2.45) is 0 Å². The van der Waals surface area contributed by atoms with Crippen LogP contribution in [0.25, 0.3) is 0 Å². The molecule has 0 aliphatic rings. The largest absolute Gasteiger partial charge is 1.00 e. The van der Waals surface area contributed by atoms with Crippen LogP contribution in [0.15, 0.2) is 0 Å². The molecule has 0 unspecified atom stereocenters. The maximum absolute atomic E-state index is 0. The van der Waals surface area contributed by atoms with Gasteiger partial charge in [0.05, 0.1) is 0 Å². The standard InChI is InChI=1S/ClH.Ir.5H3N/h1H;;5*1H3/p-1. The van der Waals surface area contributed by atoms with Crippen LogP contribution in [0, 0.1) is 0 Å². The first-order chi connectivity index (χ1) is 0. The van der Waals surface area contributed by atoms with Gasteiger partial charge in [0.15, 0.2) is 0 Å². The summed E-state index contributed by atoms with van der Waals surface area (Å²) in [4.78, 5) is 0. The Balaban J connectivity index is 0. The van der Waals surface area contributed by atoms with E-state index in [0.717, 1.165) is 0 Å². The van der Waals surface area contributed by atoms with Crippen LogP contribution in [0.4, 0.5) is 0 Å². The van der Waals surface area contributed by atoms with Crippen LogP contribution < -0.4 is 43.2 Å². The molecule has 0 aliphatic carbocycles. The Labute approximate surface area is 63.7 Å². The Morgan fingerprint density at radius 2 is 0.429 bits per heavy atom. The second kappa shape index (κ2) is 406.